The number of terminal acetylenes is 1. The van der Waals surface area contributed by atoms with Crippen LogP contribution >= 0.6 is 11.8 Å². The van der Waals surface area contributed by atoms with E-state index in [9.17, 15) is 4.79 Å². The van der Waals surface area contributed by atoms with E-state index in [-0.39, 0.29) is 17.7 Å². The van der Waals surface area contributed by atoms with Gasteiger partial charge in [0.05, 0.1) is 30.7 Å². The summed E-state index contributed by atoms with van der Waals surface area (Å²) in [6, 6.07) is 8.16. The predicted molar refractivity (Wildman–Crippen MR) is 106 cm³/mol. The van der Waals surface area contributed by atoms with Crippen LogP contribution in [0.2, 0.25) is 0 Å². The Hall–Kier alpha value is -2.50. The van der Waals surface area contributed by atoms with Gasteiger partial charge in [-0.3, -0.25) is 9.36 Å². The monoisotopic (exact) mass is 385 g/mol. The van der Waals surface area contributed by atoms with Crippen molar-refractivity contribution < 1.29 is 9.53 Å². The molecule has 1 unspecified atom stereocenters. The second-order valence-corrected chi connectivity index (χ2v) is 7.55. The first kappa shape index (κ1) is 19.3. The van der Waals surface area contributed by atoms with Crippen LogP contribution < -0.4 is 10.2 Å². The summed E-state index contributed by atoms with van der Waals surface area (Å²) in [5.41, 5.74) is 2.12. The Labute approximate surface area is 163 Å². The summed E-state index contributed by atoms with van der Waals surface area (Å²) in [4.78, 5) is 14.4. The van der Waals surface area contributed by atoms with E-state index in [1.807, 2.05) is 36.6 Å². The number of amides is 1. The first-order valence-corrected chi connectivity index (χ1v) is 9.71. The van der Waals surface area contributed by atoms with E-state index in [0.717, 1.165) is 30.3 Å². The molecule has 0 spiro atoms. The van der Waals surface area contributed by atoms with Gasteiger partial charge < -0.3 is 15.0 Å². The molecule has 1 aromatic carbocycles. The molecule has 1 aromatic heterocycles. The molecule has 1 saturated heterocycles. The molecule has 3 rings (SSSR count). The van der Waals surface area contributed by atoms with Crippen LogP contribution in [0.5, 0.6) is 0 Å². The Balaban J connectivity index is 1.92. The van der Waals surface area contributed by atoms with Gasteiger partial charge in [0.25, 0.3) is 0 Å². The largest absolute Gasteiger partial charge is 0.378 e. The quantitative estimate of drug-likeness (QED) is 0.602. The Morgan fingerprint density at radius 2 is 2.19 bits per heavy atom. The van der Waals surface area contributed by atoms with Gasteiger partial charge in [0.2, 0.25) is 11.9 Å². The van der Waals surface area contributed by atoms with Crippen molar-refractivity contribution in [3.8, 4) is 18.0 Å². The van der Waals surface area contributed by atoms with Crippen molar-refractivity contribution >= 4 is 23.6 Å². The van der Waals surface area contributed by atoms with Crippen molar-refractivity contribution in [2.45, 2.75) is 24.3 Å². The number of benzene rings is 1. The SMILES string of the molecule is C#CCNC(=O)C(C)Sc1nnc(N2CCOCC2)n1-c1cccc(C)c1. The molecule has 0 bridgehead atoms. The summed E-state index contributed by atoms with van der Waals surface area (Å²) in [6.45, 7) is 6.93. The van der Waals surface area contributed by atoms with Gasteiger partial charge in [-0.15, -0.1) is 16.6 Å². The fourth-order valence-corrected chi connectivity index (χ4v) is 3.68. The number of aromatic nitrogens is 3. The highest BCUT2D eigenvalue weighted by Crippen LogP contribution is 2.30. The maximum Gasteiger partial charge on any atom is 0.234 e. The highest BCUT2D eigenvalue weighted by molar-refractivity contribution is 8.00. The van der Waals surface area contributed by atoms with Crippen LogP contribution in [0.15, 0.2) is 29.4 Å². The summed E-state index contributed by atoms with van der Waals surface area (Å²) >= 11 is 1.37. The van der Waals surface area contributed by atoms with Gasteiger partial charge in [-0.05, 0) is 31.5 Å². The van der Waals surface area contributed by atoms with Crippen LogP contribution in [0.3, 0.4) is 0 Å². The maximum absolute atomic E-state index is 12.2. The third-order valence-electron chi connectivity index (χ3n) is 4.19. The molecule has 8 heteroatoms. The molecule has 0 saturated carbocycles. The lowest BCUT2D eigenvalue weighted by Gasteiger charge is -2.28. The Morgan fingerprint density at radius 1 is 1.41 bits per heavy atom. The van der Waals surface area contributed by atoms with Crippen LogP contribution in [-0.2, 0) is 9.53 Å². The van der Waals surface area contributed by atoms with Gasteiger partial charge in [-0.2, -0.15) is 0 Å². The van der Waals surface area contributed by atoms with Gasteiger partial charge in [0, 0.05) is 13.1 Å². The zero-order valence-electron chi connectivity index (χ0n) is 15.5. The van der Waals surface area contributed by atoms with Gasteiger partial charge >= 0.3 is 0 Å². The second-order valence-electron chi connectivity index (χ2n) is 6.24. The van der Waals surface area contributed by atoms with E-state index < -0.39 is 0 Å². The molecule has 1 aliphatic rings. The van der Waals surface area contributed by atoms with Crippen LogP contribution in [0.4, 0.5) is 5.95 Å². The number of rotatable bonds is 6. The number of aryl methyl sites for hydroxylation is 1. The number of carbonyl (C=O) groups is 1. The lowest BCUT2D eigenvalue weighted by molar-refractivity contribution is -0.120. The third-order valence-corrected chi connectivity index (χ3v) is 5.23. The van der Waals surface area contributed by atoms with E-state index in [0.29, 0.717) is 18.4 Å². The molecule has 1 aliphatic heterocycles. The molecule has 27 heavy (non-hydrogen) atoms. The van der Waals surface area contributed by atoms with Gasteiger partial charge in [-0.1, -0.05) is 29.8 Å². The highest BCUT2D eigenvalue weighted by Gasteiger charge is 2.24. The topological polar surface area (TPSA) is 72.3 Å². The standard InChI is InChI=1S/C19H23N5O2S/c1-4-8-20-17(25)15(3)27-19-22-21-18(23-9-11-26-12-10-23)24(19)16-7-5-6-14(2)13-16/h1,5-7,13,15H,8-12H2,2-3H3,(H,20,25). The number of hydrogen-bond donors (Lipinski definition) is 1. The average Bonchev–Trinajstić information content (AvgIpc) is 3.10. The van der Waals surface area contributed by atoms with Crippen molar-refractivity contribution in [3.05, 3.63) is 29.8 Å². The van der Waals surface area contributed by atoms with E-state index in [4.69, 9.17) is 11.2 Å². The van der Waals surface area contributed by atoms with E-state index >= 15 is 0 Å². The van der Waals surface area contributed by atoms with E-state index in [2.05, 4.69) is 32.4 Å². The van der Waals surface area contributed by atoms with Crippen molar-refractivity contribution in [2.75, 3.05) is 37.7 Å². The number of ether oxygens (including phenoxy) is 1. The number of hydrogen-bond acceptors (Lipinski definition) is 6. The molecule has 1 amide bonds. The molecule has 2 heterocycles. The Kier molecular flexibility index (Phi) is 6.37. The van der Waals surface area contributed by atoms with Crippen LogP contribution in [0, 0.1) is 19.3 Å². The van der Waals surface area contributed by atoms with Crippen molar-refractivity contribution in [1.82, 2.24) is 20.1 Å². The smallest absolute Gasteiger partial charge is 0.234 e. The molecular weight excluding hydrogens is 362 g/mol. The molecule has 0 radical (unpaired) electrons. The molecule has 0 aliphatic carbocycles. The molecular formula is C19H23N5O2S. The zero-order chi connectivity index (χ0) is 19.2. The Bertz CT molecular complexity index is 839. The fourth-order valence-electron chi connectivity index (χ4n) is 2.79. The van der Waals surface area contributed by atoms with Crippen molar-refractivity contribution in [3.63, 3.8) is 0 Å². The minimum absolute atomic E-state index is 0.121. The molecule has 1 N–H and O–H groups in total. The number of anilines is 1. The van der Waals surface area contributed by atoms with Gasteiger partial charge in [0.15, 0.2) is 5.16 Å². The van der Waals surface area contributed by atoms with Crippen molar-refractivity contribution in [1.29, 1.82) is 0 Å². The number of carbonyl (C=O) groups excluding carboxylic acids is 1. The third kappa shape index (κ3) is 4.62. The first-order chi connectivity index (χ1) is 13.1. The second kappa shape index (κ2) is 8.93. The van der Waals surface area contributed by atoms with Crippen molar-refractivity contribution in [2.24, 2.45) is 0 Å². The minimum Gasteiger partial charge on any atom is -0.378 e. The zero-order valence-corrected chi connectivity index (χ0v) is 16.3. The number of morpholine rings is 1. The lowest BCUT2D eigenvalue weighted by Crippen LogP contribution is -2.38. The van der Waals surface area contributed by atoms with E-state index in [1.165, 1.54) is 11.8 Å². The molecule has 1 atom stereocenters. The Morgan fingerprint density at radius 3 is 2.89 bits per heavy atom. The minimum atomic E-state index is -0.344. The summed E-state index contributed by atoms with van der Waals surface area (Å²) < 4.78 is 7.46. The van der Waals surface area contributed by atoms with E-state index in [1.54, 1.807) is 0 Å². The fraction of sp³-hybridized carbons (Fsp3) is 0.421. The van der Waals surface area contributed by atoms with Gasteiger partial charge in [-0.25, -0.2) is 0 Å². The number of nitrogens with one attached hydrogen (secondary N) is 1. The molecule has 142 valence electrons. The van der Waals surface area contributed by atoms with Crippen LogP contribution in [-0.4, -0.2) is 58.8 Å². The summed E-state index contributed by atoms with van der Waals surface area (Å²) in [7, 11) is 0. The lowest BCUT2D eigenvalue weighted by atomic mass is 10.2. The predicted octanol–water partition coefficient (Wildman–Crippen LogP) is 1.64. The molecule has 1 fully saturated rings. The summed E-state index contributed by atoms with van der Waals surface area (Å²) in [6.07, 6.45) is 5.22. The molecule has 7 nitrogen and oxygen atoms in total. The summed E-state index contributed by atoms with van der Waals surface area (Å²) in [5.74, 6) is 3.06. The average molecular weight is 385 g/mol. The number of thioether (sulfide) groups is 1. The number of nitrogens with zero attached hydrogens (tertiary/aromatic N) is 4. The van der Waals surface area contributed by atoms with Crippen LogP contribution in [0.1, 0.15) is 12.5 Å². The van der Waals surface area contributed by atoms with Gasteiger partial charge in [0.1, 0.15) is 0 Å². The van der Waals surface area contributed by atoms with Crippen LogP contribution in [0.25, 0.3) is 5.69 Å². The molecule has 2 aromatic rings. The normalized spacial score (nSPS) is 15.2. The highest BCUT2D eigenvalue weighted by atomic mass is 32.2. The summed E-state index contributed by atoms with van der Waals surface area (Å²) in [5, 5.41) is 11.8. The maximum atomic E-state index is 12.2. The first-order valence-electron chi connectivity index (χ1n) is 8.83.